The lowest BCUT2D eigenvalue weighted by Gasteiger charge is -2.13. The quantitative estimate of drug-likeness (QED) is 0.0995. The van der Waals surface area contributed by atoms with E-state index in [9.17, 15) is 4.79 Å². The minimum atomic E-state index is -0.279. The van der Waals surface area contributed by atoms with E-state index in [1.165, 1.54) is 0 Å². The van der Waals surface area contributed by atoms with Gasteiger partial charge < -0.3 is 18.8 Å². The van der Waals surface area contributed by atoms with E-state index in [1.54, 1.807) is 6.21 Å². The molecule has 2 heterocycles. The number of hydrogen-bond acceptors (Lipinski definition) is 5. The zero-order chi connectivity index (χ0) is 29.1. The van der Waals surface area contributed by atoms with Crippen molar-refractivity contribution in [2.45, 2.75) is 13.5 Å². The molecule has 5 aromatic rings. The van der Waals surface area contributed by atoms with E-state index in [-0.39, 0.29) is 12.7 Å². The summed E-state index contributed by atoms with van der Waals surface area (Å²) in [4.78, 5) is 12.8. The van der Waals surface area contributed by atoms with E-state index >= 15 is 0 Å². The van der Waals surface area contributed by atoms with Crippen molar-refractivity contribution < 1.29 is 19.0 Å². The molecule has 1 N–H and O–H groups in total. The van der Waals surface area contributed by atoms with Crippen LogP contribution in [-0.4, -0.2) is 23.5 Å². The molecule has 6 rings (SSSR count). The molecule has 1 aromatic heterocycles. The van der Waals surface area contributed by atoms with Gasteiger partial charge in [0.2, 0.25) is 6.79 Å². The van der Waals surface area contributed by atoms with Gasteiger partial charge in [-0.1, -0.05) is 36.4 Å². The largest absolute Gasteiger partial charge is 0.487 e. The average Bonchev–Trinajstić information content (AvgIpc) is 3.63. The third-order valence-electron chi connectivity index (χ3n) is 6.75. The lowest BCUT2D eigenvalue weighted by molar-refractivity contribution is 0.0955. The van der Waals surface area contributed by atoms with Crippen molar-refractivity contribution in [2.24, 2.45) is 5.10 Å². The Morgan fingerprint density at radius 3 is 2.43 bits per heavy atom. The summed E-state index contributed by atoms with van der Waals surface area (Å²) in [6, 6.07) is 31.7. The number of ether oxygens (including phenoxy) is 3. The second-order valence-electron chi connectivity index (χ2n) is 9.60. The minimum Gasteiger partial charge on any atom is -0.487 e. The molecule has 210 valence electrons. The zero-order valence-electron chi connectivity index (χ0n) is 22.5. The van der Waals surface area contributed by atoms with Crippen LogP contribution in [0.5, 0.6) is 17.2 Å². The molecule has 9 heteroatoms. The van der Waals surface area contributed by atoms with Gasteiger partial charge in [0.25, 0.3) is 5.91 Å². The summed E-state index contributed by atoms with van der Waals surface area (Å²) in [5.74, 6) is 2.00. The average molecular weight is 781 g/mol. The van der Waals surface area contributed by atoms with Crippen LogP contribution in [0.25, 0.3) is 16.9 Å². The van der Waals surface area contributed by atoms with Crippen molar-refractivity contribution in [3.63, 3.8) is 0 Å². The SMILES string of the molecule is Cc1ccc(-c2ccccc2)n1-c1ccc(C(=O)N/N=C/c2cc(I)c(OCc3ccc4c(c3)OCO4)c(I)c2)cc1. The number of carbonyl (C=O) groups excluding carboxylic acids is 1. The van der Waals surface area contributed by atoms with E-state index in [0.717, 1.165) is 58.2 Å². The van der Waals surface area contributed by atoms with Crippen LogP contribution < -0.4 is 19.6 Å². The van der Waals surface area contributed by atoms with E-state index in [1.807, 2.05) is 72.8 Å². The standard InChI is InChI=1S/C33H25I2N3O4/c1-21-7-13-29(24-5-3-2-4-6-24)38(21)26-11-9-25(10-12-26)33(39)37-36-18-23-15-27(34)32(28(35)16-23)40-19-22-8-14-30-31(17-22)42-20-41-30/h2-18H,19-20H2,1H3,(H,37,39)/b36-18+. The maximum atomic E-state index is 12.8. The maximum absolute atomic E-state index is 12.8. The molecule has 0 unspecified atom stereocenters. The van der Waals surface area contributed by atoms with Crippen LogP contribution in [0, 0.1) is 14.1 Å². The van der Waals surface area contributed by atoms with E-state index in [2.05, 4.69) is 91.5 Å². The molecule has 0 aliphatic carbocycles. The Labute approximate surface area is 270 Å². The van der Waals surface area contributed by atoms with Gasteiger partial charge in [0, 0.05) is 16.9 Å². The number of benzene rings is 4. The molecule has 1 aliphatic rings. The van der Waals surface area contributed by atoms with Crippen LogP contribution in [-0.2, 0) is 6.61 Å². The fourth-order valence-electron chi connectivity index (χ4n) is 4.69. The van der Waals surface area contributed by atoms with Crippen molar-refractivity contribution in [3.8, 4) is 34.2 Å². The van der Waals surface area contributed by atoms with Gasteiger partial charge >= 0.3 is 0 Å². The first-order chi connectivity index (χ1) is 20.5. The number of aromatic nitrogens is 1. The summed E-state index contributed by atoms with van der Waals surface area (Å²) < 4.78 is 21.0. The first-order valence-electron chi connectivity index (χ1n) is 13.1. The number of rotatable bonds is 8. The maximum Gasteiger partial charge on any atom is 0.271 e. The first kappa shape index (κ1) is 28.3. The molecule has 0 fully saturated rings. The lowest BCUT2D eigenvalue weighted by Crippen LogP contribution is -2.17. The van der Waals surface area contributed by atoms with Gasteiger partial charge in [0.1, 0.15) is 12.4 Å². The van der Waals surface area contributed by atoms with Crippen LogP contribution >= 0.6 is 45.2 Å². The highest BCUT2D eigenvalue weighted by atomic mass is 127. The molecule has 42 heavy (non-hydrogen) atoms. The van der Waals surface area contributed by atoms with E-state index < -0.39 is 0 Å². The summed E-state index contributed by atoms with van der Waals surface area (Å²) in [5.41, 5.74) is 9.35. The van der Waals surface area contributed by atoms with Crippen LogP contribution in [0.3, 0.4) is 0 Å². The fraction of sp³-hybridized carbons (Fsp3) is 0.0909. The predicted molar refractivity (Wildman–Crippen MR) is 180 cm³/mol. The van der Waals surface area contributed by atoms with Crippen molar-refractivity contribution in [2.75, 3.05) is 6.79 Å². The van der Waals surface area contributed by atoms with Gasteiger partial charge in [-0.15, -0.1) is 0 Å². The van der Waals surface area contributed by atoms with Gasteiger partial charge in [0.05, 0.1) is 19.0 Å². The van der Waals surface area contributed by atoms with Crippen LogP contribution in [0.2, 0.25) is 0 Å². The molecule has 1 amide bonds. The summed E-state index contributed by atoms with van der Waals surface area (Å²) in [6.07, 6.45) is 1.63. The third-order valence-corrected chi connectivity index (χ3v) is 8.36. The Kier molecular flexibility index (Phi) is 8.47. The van der Waals surface area contributed by atoms with Crippen molar-refractivity contribution in [3.05, 3.63) is 127 Å². The number of hydrazone groups is 1. The molecule has 0 radical (unpaired) electrons. The number of nitrogens with zero attached hydrogens (tertiary/aromatic N) is 2. The van der Waals surface area contributed by atoms with Gasteiger partial charge in [0.15, 0.2) is 11.5 Å². The third kappa shape index (κ3) is 6.16. The Morgan fingerprint density at radius 2 is 1.67 bits per heavy atom. The van der Waals surface area contributed by atoms with Gasteiger partial charge in [-0.2, -0.15) is 5.10 Å². The number of carbonyl (C=O) groups is 1. The molecule has 0 bridgehead atoms. The Morgan fingerprint density at radius 1 is 0.929 bits per heavy atom. The fourth-order valence-corrected chi connectivity index (χ4v) is 6.81. The van der Waals surface area contributed by atoms with Crippen molar-refractivity contribution in [1.29, 1.82) is 0 Å². The topological polar surface area (TPSA) is 74.1 Å². The molecule has 1 aliphatic heterocycles. The second-order valence-corrected chi connectivity index (χ2v) is 11.9. The smallest absolute Gasteiger partial charge is 0.271 e. The molecule has 0 saturated heterocycles. The van der Waals surface area contributed by atoms with Crippen LogP contribution in [0.1, 0.15) is 27.2 Å². The van der Waals surface area contributed by atoms with Gasteiger partial charge in [-0.25, -0.2) is 5.43 Å². The van der Waals surface area contributed by atoms with E-state index in [0.29, 0.717) is 12.2 Å². The highest BCUT2D eigenvalue weighted by Gasteiger charge is 2.15. The summed E-state index contributed by atoms with van der Waals surface area (Å²) in [7, 11) is 0. The number of fused-ring (bicyclic) bond motifs is 1. The summed E-state index contributed by atoms with van der Waals surface area (Å²) in [6.45, 7) is 2.72. The van der Waals surface area contributed by atoms with Crippen LogP contribution in [0.15, 0.2) is 102 Å². The van der Waals surface area contributed by atoms with Gasteiger partial charge in [-0.05, 0) is 129 Å². The number of hydrogen-bond donors (Lipinski definition) is 1. The Bertz CT molecular complexity index is 1760. The Hall–Kier alpha value is -3.84. The molecular formula is C33H25I2N3O4. The molecule has 0 atom stereocenters. The normalized spacial score (nSPS) is 12.1. The monoisotopic (exact) mass is 781 g/mol. The predicted octanol–water partition coefficient (Wildman–Crippen LogP) is 7.73. The summed E-state index contributed by atoms with van der Waals surface area (Å²) in [5, 5.41) is 4.19. The van der Waals surface area contributed by atoms with E-state index in [4.69, 9.17) is 14.2 Å². The van der Waals surface area contributed by atoms with Crippen molar-refractivity contribution in [1.82, 2.24) is 9.99 Å². The number of halogens is 2. The first-order valence-corrected chi connectivity index (χ1v) is 15.3. The highest BCUT2D eigenvalue weighted by Crippen LogP contribution is 2.34. The van der Waals surface area contributed by atoms with Crippen molar-refractivity contribution >= 4 is 57.3 Å². The van der Waals surface area contributed by atoms with Gasteiger partial charge in [-0.3, -0.25) is 4.79 Å². The highest BCUT2D eigenvalue weighted by molar-refractivity contribution is 14.1. The molecule has 7 nitrogen and oxygen atoms in total. The Balaban J connectivity index is 1.09. The van der Waals surface area contributed by atoms with Crippen LogP contribution in [0.4, 0.5) is 0 Å². The lowest BCUT2D eigenvalue weighted by atomic mass is 10.1. The number of amides is 1. The molecular weight excluding hydrogens is 756 g/mol. The zero-order valence-corrected chi connectivity index (χ0v) is 26.8. The molecule has 0 saturated carbocycles. The summed E-state index contributed by atoms with van der Waals surface area (Å²) >= 11 is 4.50. The molecule has 4 aromatic carbocycles. The minimum absolute atomic E-state index is 0.245. The number of nitrogens with one attached hydrogen (secondary N) is 1. The number of aryl methyl sites for hydroxylation is 1. The molecule has 0 spiro atoms. The second kappa shape index (κ2) is 12.6.